The molecule has 0 bridgehead atoms. The zero-order valence-electron chi connectivity index (χ0n) is 15.1. The number of hydrogen-bond donors (Lipinski definition) is 1. The first kappa shape index (κ1) is 21.1. The summed E-state index contributed by atoms with van der Waals surface area (Å²) in [6, 6.07) is 4.93. The van der Waals surface area contributed by atoms with Crippen LogP contribution < -0.4 is 19.7 Å². The topological polar surface area (TPSA) is 71.1 Å². The van der Waals surface area contributed by atoms with Crippen LogP contribution in [0.15, 0.2) is 18.2 Å². The lowest BCUT2D eigenvalue weighted by Crippen LogP contribution is -2.43. The molecule has 1 atom stereocenters. The highest BCUT2D eigenvalue weighted by Crippen LogP contribution is 2.31. The molecule has 7 nitrogen and oxygen atoms in total. The average molecular weight is 372 g/mol. The van der Waals surface area contributed by atoms with E-state index >= 15 is 0 Å². The van der Waals surface area contributed by atoms with E-state index in [-0.39, 0.29) is 24.2 Å². The summed E-state index contributed by atoms with van der Waals surface area (Å²) in [5, 5.41) is 2.94. The zero-order valence-corrected chi connectivity index (χ0v) is 15.9. The van der Waals surface area contributed by atoms with Crippen LogP contribution in [0.4, 0.5) is 5.69 Å². The van der Waals surface area contributed by atoms with E-state index in [0.717, 1.165) is 5.69 Å². The van der Waals surface area contributed by atoms with Crippen LogP contribution in [0, 0.1) is 0 Å². The van der Waals surface area contributed by atoms with Crippen molar-refractivity contribution in [3.63, 3.8) is 0 Å². The van der Waals surface area contributed by atoms with Gasteiger partial charge in [-0.05, 0) is 13.5 Å². The van der Waals surface area contributed by atoms with Crippen molar-refractivity contribution in [1.82, 2.24) is 10.2 Å². The number of benzene rings is 1. The molecule has 1 aromatic rings. The summed E-state index contributed by atoms with van der Waals surface area (Å²) < 4.78 is 10.5. The van der Waals surface area contributed by atoms with Crippen LogP contribution in [-0.4, -0.2) is 64.2 Å². The SMILES string of the molecule is CNCCC(=O)N(C)C1CCN(c2cc(OC)cc(OC)c2)C1=O.Cl. The first-order valence-corrected chi connectivity index (χ1v) is 7.96. The molecule has 1 aromatic carbocycles. The van der Waals surface area contributed by atoms with Gasteiger partial charge in [0.05, 0.1) is 19.9 Å². The normalized spacial score (nSPS) is 16.4. The van der Waals surface area contributed by atoms with Crippen molar-refractivity contribution < 1.29 is 19.1 Å². The number of carbonyl (C=O) groups is 2. The fourth-order valence-electron chi connectivity index (χ4n) is 2.81. The molecule has 25 heavy (non-hydrogen) atoms. The van der Waals surface area contributed by atoms with Crippen molar-refractivity contribution in [3.05, 3.63) is 18.2 Å². The summed E-state index contributed by atoms with van der Waals surface area (Å²) in [5.74, 6) is 1.14. The minimum atomic E-state index is -0.424. The van der Waals surface area contributed by atoms with Crippen molar-refractivity contribution in [2.24, 2.45) is 0 Å². The summed E-state index contributed by atoms with van der Waals surface area (Å²) in [7, 11) is 6.63. The second kappa shape index (κ2) is 9.48. The molecule has 1 saturated heterocycles. The van der Waals surface area contributed by atoms with E-state index in [1.165, 1.54) is 0 Å². The van der Waals surface area contributed by atoms with Gasteiger partial charge in [-0.15, -0.1) is 12.4 Å². The Morgan fingerprint density at radius 3 is 2.40 bits per heavy atom. The minimum absolute atomic E-state index is 0. The van der Waals surface area contributed by atoms with Crippen LogP contribution in [0.25, 0.3) is 0 Å². The van der Waals surface area contributed by atoms with Crippen LogP contribution in [0.2, 0.25) is 0 Å². The largest absolute Gasteiger partial charge is 0.497 e. The molecule has 1 heterocycles. The molecule has 0 radical (unpaired) electrons. The standard InChI is InChI=1S/C17H25N3O4.ClH/c1-18-7-5-16(21)19(2)15-6-8-20(17(15)22)12-9-13(23-3)11-14(10-12)24-4;/h9-11,15,18H,5-8H2,1-4H3;1H. The predicted octanol–water partition coefficient (Wildman–Crippen LogP) is 1.30. The van der Waals surface area contributed by atoms with Crippen molar-refractivity contribution in [1.29, 1.82) is 0 Å². The smallest absolute Gasteiger partial charge is 0.249 e. The fraction of sp³-hybridized carbons (Fsp3) is 0.529. The lowest BCUT2D eigenvalue weighted by Gasteiger charge is -2.24. The molecule has 0 aliphatic carbocycles. The summed E-state index contributed by atoms with van der Waals surface area (Å²) >= 11 is 0. The molecule has 1 N–H and O–H groups in total. The molecular formula is C17H26ClN3O4. The van der Waals surface area contributed by atoms with Gasteiger partial charge in [0.25, 0.3) is 0 Å². The lowest BCUT2D eigenvalue weighted by atomic mass is 10.2. The summed E-state index contributed by atoms with van der Waals surface area (Å²) in [5.41, 5.74) is 0.717. The summed E-state index contributed by atoms with van der Waals surface area (Å²) in [4.78, 5) is 28.1. The predicted molar refractivity (Wildman–Crippen MR) is 98.9 cm³/mol. The molecule has 1 aliphatic rings. The molecule has 1 unspecified atom stereocenters. The number of likely N-dealkylation sites (N-methyl/N-ethyl adjacent to an activating group) is 1. The summed E-state index contributed by atoms with van der Waals surface area (Å²) in [6.45, 7) is 1.16. The number of nitrogens with zero attached hydrogens (tertiary/aromatic N) is 2. The van der Waals surface area contributed by atoms with E-state index in [4.69, 9.17) is 9.47 Å². The maximum Gasteiger partial charge on any atom is 0.249 e. The van der Waals surface area contributed by atoms with Gasteiger partial charge in [-0.2, -0.15) is 0 Å². The number of amides is 2. The van der Waals surface area contributed by atoms with E-state index in [9.17, 15) is 9.59 Å². The number of halogens is 1. The van der Waals surface area contributed by atoms with E-state index in [1.807, 2.05) is 0 Å². The van der Waals surface area contributed by atoms with Crippen LogP contribution in [0.5, 0.6) is 11.5 Å². The number of hydrogen-bond acceptors (Lipinski definition) is 5. The number of carbonyl (C=O) groups excluding carboxylic acids is 2. The highest BCUT2D eigenvalue weighted by Gasteiger charge is 2.37. The quantitative estimate of drug-likeness (QED) is 0.782. The van der Waals surface area contributed by atoms with Gasteiger partial charge in [0.1, 0.15) is 17.5 Å². The first-order chi connectivity index (χ1) is 11.5. The van der Waals surface area contributed by atoms with Gasteiger partial charge in [0.2, 0.25) is 11.8 Å². The highest BCUT2D eigenvalue weighted by molar-refractivity contribution is 6.01. The van der Waals surface area contributed by atoms with E-state index in [2.05, 4.69) is 5.32 Å². The monoisotopic (exact) mass is 371 g/mol. The summed E-state index contributed by atoms with van der Waals surface area (Å²) in [6.07, 6.45) is 0.990. The number of anilines is 1. The third kappa shape index (κ3) is 4.76. The van der Waals surface area contributed by atoms with Crippen LogP contribution in [-0.2, 0) is 9.59 Å². The second-order valence-corrected chi connectivity index (χ2v) is 5.72. The molecule has 1 fully saturated rings. The van der Waals surface area contributed by atoms with Crippen molar-refractivity contribution in [2.45, 2.75) is 18.9 Å². The highest BCUT2D eigenvalue weighted by atomic mass is 35.5. The third-order valence-electron chi connectivity index (χ3n) is 4.27. The van der Waals surface area contributed by atoms with Gasteiger partial charge < -0.3 is 24.6 Å². The molecule has 2 rings (SSSR count). The minimum Gasteiger partial charge on any atom is -0.497 e. The molecule has 2 amide bonds. The molecule has 0 spiro atoms. The van der Waals surface area contributed by atoms with Crippen LogP contribution in [0.3, 0.4) is 0 Å². The van der Waals surface area contributed by atoms with Gasteiger partial charge >= 0.3 is 0 Å². The first-order valence-electron chi connectivity index (χ1n) is 7.96. The second-order valence-electron chi connectivity index (χ2n) is 5.72. The van der Waals surface area contributed by atoms with Gasteiger partial charge in [-0.1, -0.05) is 0 Å². The van der Waals surface area contributed by atoms with E-state index in [1.54, 1.807) is 56.3 Å². The van der Waals surface area contributed by atoms with Crippen LogP contribution in [0.1, 0.15) is 12.8 Å². The Morgan fingerprint density at radius 1 is 1.28 bits per heavy atom. The maximum absolute atomic E-state index is 12.8. The van der Waals surface area contributed by atoms with E-state index < -0.39 is 6.04 Å². The van der Waals surface area contributed by atoms with Crippen molar-refractivity contribution in [3.8, 4) is 11.5 Å². The Bertz CT molecular complexity index is 589. The molecule has 0 aromatic heterocycles. The van der Waals surface area contributed by atoms with Gasteiger partial charge in [0.15, 0.2) is 0 Å². The van der Waals surface area contributed by atoms with Crippen LogP contribution >= 0.6 is 12.4 Å². The molecule has 140 valence electrons. The number of nitrogens with one attached hydrogen (secondary N) is 1. The Morgan fingerprint density at radius 2 is 1.88 bits per heavy atom. The fourth-order valence-corrected chi connectivity index (χ4v) is 2.81. The molecule has 0 saturated carbocycles. The van der Waals surface area contributed by atoms with Gasteiger partial charge in [0, 0.05) is 44.8 Å². The maximum atomic E-state index is 12.8. The third-order valence-corrected chi connectivity index (χ3v) is 4.27. The zero-order chi connectivity index (χ0) is 17.7. The molecular weight excluding hydrogens is 346 g/mol. The molecule has 8 heteroatoms. The average Bonchev–Trinajstić information content (AvgIpc) is 2.99. The molecule has 1 aliphatic heterocycles. The van der Waals surface area contributed by atoms with Crippen molar-refractivity contribution >= 4 is 29.9 Å². The lowest BCUT2D eigenvalue weighted by molar-refractivity contribution is -0.136. The number of ether oxygens (including phenoxy) is 2. The van der Waals surface area contributed by atoms with Gasteiger partial charge in [-0.25, -0.2) is 0 Å². The van der Waals surface area contributed by atoms with E-state index in [0.29, 0.717) is 37.4 Å². The number of rotatable bonds is 7. The number of methoxy groups -OCH3 is 2. The Labute approximate surface area is 154 Å². The Hall–Kier alpha value is -1.99. The van der Waals surface area contributed by atoms with Gasteiger partial charge in [-0.3, -0.25) is 9.59 Å². The Balaban J connectivity index is 0.00000312. The Kier molecular flexibility index (Phi) is 7.99. The van der Waals surface area contributed by atoms with Crippen molar-refractivity contribution in [2.75, 3.05) is 46.3 Å².